The van der Waals surface area contributed by atoms with Gasteiger partial charge in [0.2, 0.25) is 5.69 Å². The first-order valence-corrected chi connectivity index (χ1v) is 11.5. The lowest BCUT2D eigenvalue weighted by molar-refractivity contribution is -0.425. The molecule has 3 heteroatoms. The van der Waals surface area contributed by atoms with Crippen LogP contribution in [-0.2, 0) is 10.8 Å². The van der Waals surface area contributed by atoms with Gasteiger partial charge in [0, 0.05) is 46.1 Å². The Bertz CT molecular complexity index is 1180. The maximum Gasteiger partial charge on any atom is 0.210 e. The number of para-hydroxylation sites is 1. The van der Waals surface area contributed by atoms with Gasteiger partial charge in [0.15, 0.2) is 12.3 Å². The molecule has 0 aliphatic carbocycles. The lowest BCUT2D eigenvalue weighted by Crippen LogP contribution is -2.28. The van der Waals surface area contributed by atoms with Crippen LogP contribution >= 0.6 is 11.6 Å². The topological polar surface area (TPSA) is 6.25 Å². The van der Waals surface area contributed by atoms with Gasteiger partial charge in [-0.2, -0.15) is 4.58 Å². The molecule has 2 aliphatic rings. The number of nitrogens with zero attached hydrogens (tertiary/aromatic N) is 2. The summed E-state index contributed by atoms with van der Waals surface area (Å²) in [4.78, 5) is 2.34. The van der Waals surface area contributed by atoms with Crippen LogP contribution in [0.4, 0.5) is 11.4 Å². The number of allylic oxidation sites excluding steroid dienone is 4. The van der Waals surface area contributed by atoms with Crippen molar-refractivity contribution in [3.05, 3.63) is 108 Å². The van der Waals surface area contributed by atoms with Gasteiger partial charge in [-0.3, -0.25) is 0 Å². The standard InChI is InChI=1S/C29H32ClN2/c1-7-18-31-24-13-10-9-12-22(24)28(3,4)26(31)14-11-15-27-29(5,6)23-20-21(30)16-17-25(23)32(27)19-8-2/h7-17,20H,1-2,18-19H2,3-6H3/q+1. The molecule has 0 unspecified atom stereocenters. The predicted octanol–water partition coefficient (Wildman–Crippen LogP) is 7.33. The number of anilines is 1. The summed E-state index contributed by atoms with van der Waals surface area (Å²) in [6, 6.07) is 14.8. The van der Waals surface area contributed by atoms with Crippen molar-refractivity contribution in [3.63, 3.8) is 0 Å². The summed E-state index contributed by atoms with van der Waals surface area (Å²) in [6.45, 7) is 18.6. The van der Waals surface area contributed by atoms with Crippen molar-refractivity contribution in [2.45, 2.75) is 38.5 Å². The van der Waals surface area contributed by atoms with Crippen LogP contribution in [0.25, 0.3) is 0 Å². The van der Waals surface area contributed by atoms with E-state index in [9.17, 15) is 0 Å². The van der Waals surface area contributed by atoms with Crippen LogP contribution in [0.1, 0.15) is 38.8 Å². The van der Waals surface area contributed by atoms with E-state index < -0.39 is 0 Å². The second-order valence-corrected chi connectivity index (χ2v) is 9.96. The molecular weight excluding hydrogens is 412 g/mol. The molecule has 0 aromatic heterocycles. The summed E-state index contributed by atoms with van der Waals surface area (Å²) in [7, 11) is 0. The van der Waals surface area contributed by atoms with Crippen molar-refractivity contribution >= 4 is 28.7 Å². The normalized spacial score (nSPS) is 19.5. The number of hydrogen-bond donors (Lipinski definition) is 0. The van der Waals surface area contributed by atoms with Gasteiger partial charge in [0.25, 0.3) is 0 Å². The monoisotopic (exact) mass is 443 g/mol. The molecule has 2 heterocycles. The van der Waals surface area contributed by atoms with E-state index in [0.29, 0.717) is 0 Å². The molecule has 2 aromatic rings. The summed E-state index contributed by atoms with van der Waals surface area (Å²) in [5.41, 5.74) is 7.38. The number of hydrogen-bond acceptors (Lipinski definition) is 1. The third-order valence-corrected chi connectivity index (χ3v) is 7.02. The van der Waals surface area contributed by atoms with E-state index in [1.807, 2.05) is 18.2 Å². The number of halogens is 1. The second-order valence-electron chi connectivity index (χ2n) is 9.52. The van der Waals surface area contributed by atoms with E-state index in [-0.39, 0.29) is 10.8 Å². The Morgan fingerprint density at radius 3 is 2.44 bits per heavy atom. The molecule has 0 bridgehead atoms. The Morgan fingerprint density at radius 2 is 1.72 bits per heavy atom. The fourth-order valence-corrected chi connectivity index (χ4v) is 5.34. The van der Waals surface area contributed by atoms with Gasteiger partial charge in [-0.15, -0.1) is 6.58 Å². The first-order valence-electron chi connectivity index (χ1n) is 11.2. The van der Waals surface area contributed by atoms with Crippen molar-refractivity contribution in [3.8, 4) is 0 Å². The summed E-state index contributed by atoms with van der Waals surface area (Å²) >= 11 is 6.35. The zero-order chi connectivity index (χ0) is 23.1. The van der Waals surface area contributed by atoms with Crippen molar-refractivity contribution in [2.24, 2.45) is 0 Å². The van der Waals surface area contributed by atoms with Gasteiger partial charge in [-0.1, -0.05) is 62.4 Å². The van der Waals surface area contributed by atoms with E-state index in [4.69, 9.17) is 11.6 Å². The summed E-state index contributed by atoms with van der Waals surface area (Å²) in [5, 5.41) is 0.772. The van der Waals surface area contributed by atoms with E-state index in [1.165, 1.54) is 33.9 Å². The lowest BCUT2D eigenvalue weighted by atomic mass is 9.81. The number of fused-ring (bicyclic) bond motifs is 2. The van der Waals surface area contributed by atoms with Crippen molar-refractivity contribution in [1.29, 1.82) is 0 Å². The van der Waals surface area contributed by atoms with E-state index in [2.05, 4.69) is 105 Å². The number of benzene rings is 2. The smallest absolute Gasteiger partial charge is 0.210 e. The summed E-state index contributed by atoms with van der Waals surface area (Å²) < 4.78 is 2.37. The largest absolute Gasteiger partial charge is 0.340 e. The van der Waals surface area contributed by atoms with Crippen LogP contribution < -0.4 is 4.90 Å². The second kappa shape index (κ2) is 8.26. The quantitative estimate of drug-likeness (QED) is 0.334. The first-order chi connectivity index (χ1) is 15.2. The van der Waals surface area contributed by atoms with Crippen LogP contribution in [0, 0.1) is 0 Å². The third kappa shape index (κ3) is 3.47. The first kappa shape index (κ1) is 22.4. The van der Waals surface area contributed by atoms with Crippen LogP contribution in [-0.4, -0.2) is 23.4 Å². The van der Waals surface area contributed by atoms with E-state index >= 15 is 0 Å². The van der Waals surface area contributed by atoms with Crippen molar-refractivity contribution in [1.82, 2.24) is 0 Å². The molecule has 0 saturated heterocycles. The Morgan fingerprint density at radius 1 is 0.969 bits per heavy atom. The highest BCUT2D eigenvalue weighted by molar-refractivity contribution is 6.30. The Balaban J connectivity index is 1.78. The molecule has 0 spiro atoms. The molecule has 0 fully saturated rings. The van der Waals surface area contributed by atoms with Gasteiger partial charge in [0.1, 0.15) is 0 Å². The lowest BCUT2D eigenvalue weighted by Gasteiger charge is -2.26. The zero-order valence-corrected chi connectivity index (χ0v) is 20.3. The zero-order valence-electron chi connectivity index (χ0n) is 19.5. The molecule has 164 valence electrons. The Hall–Kier alpha value is -2.84. The van der Waals surface area contributed by atoms with Crippen LogP contribution in [0.5, 0.6) is 0 Å². The van der Waals surface area contributed by atoms with Gasteiger partial charge >= 0.3 is 0 Å². The molecular formula is C29H32ClN2+. The summed E-state index contributed by atoms with van der Waals surface area (Å²) in [6.07, 6.45) is 10.6. The minimum absolute atomic E-state index is 0.0723. The molecule has 0 atom stereocenters. The average molecular weight is 444 g/mol. The number of rotatable bonds is 6. The van der Waals surface area contributed by atoms with Gasteiger partial charge in [-0.25, -0.2) is 0 Å². The SMILES string of the molecule is C=CCN1C(=CC=CC2=[N+](CC=C)c3ccccc3C2(C)C)C(C)(C)c2cc(Cl)ccc21. The average Bonchev–Trinajstić information content (AvgIpc) is 3.09. The van der Waals surface area contributed by atoms with E-state index in [0.717, 1.165) is 18.1 Å². The van der Waals surface area contributed by atoms with Crippen LogP contribution in [0.3, 0.4) is 0 Å². The van der Waals surface area contributed by atoms with Crippen LogP contribution in [0.15, 0.2) is 91.7 Å². The van der Waals surface area contributed by atoms with Gasteiger partial charge < -0.3 is 4.90 Å². The fourth-order valence-electron chi connectivity index (χ4n) is 5.17. The summed E-state index contributed by atoms with van der Waals surface area (Å²) in [5.74, 6) is 0. The molecule has 2 aliphatic heterocycles. The molecule has 0 saturated carbocycles. The molecule has 2 nitrogen and oxygen atoms in total. The van der Waals surface area contributed by atoms with Crippen molar-refractivity contribution < 1.29 is 4.58 Å². The minimum atomic E-state index is -0.146. The maximum atomic E-state index is 6.35. The van der Waals surface area contributed by atoms with E-state index in [1.54, 1.807) is 0 Å². The van der Waals surface area contributed by atoms with Crippen molar-refractivity contribution in [2.75, 3.05) is 18.0 Å². The minimum Gasteiger partial charge on any atom is -0.340 e. The molecule has 32 heavy (non-hydrogen) atoms. The molecule has 0 radical (unpaired) electrons. The highest BCUT2D eigenvalue weighted by Crippen LogP contribution is 2.48. The molecule has 0 N–H and O–H groups in total. The van der Waals surface area contributed by atoms with Gasteiger partial charge in [0.05, 0.1) is 5.41 Å². The predicted molar refractivity (Wildman–Crippen MR) is 139 cm³/mol. The maximum absolute atomic E-state index is 6.35. The molecule has 0 amide bonds. The molecule has 2 aromatic carbocycles. The Kier molecular flexibility index (Phi) is 5.77. The Labute approximate surface area is 197 Å². The highest BCUT2D eigenvalue weighted by Gasteiger charge is 2.44. The van der Waals surface area contributed by atoms with Gasteiger partial charge in [-0.05, 0) is 49.8 Å². The third-order valence-electron chi connectivity index (χ3n) is 6.78. The molecule has 4 rings (SSSR count). The highest BCUT2D eigenvalue weighted by atomic mass is 35.5. The fraction of sp³-hybridized carbons (Fsp3) is 0.276. The van der Waals surface area contributed by atoms with Crippen LogP contribution in [0.2, 0.25) is 5.02 Å².